The van der Waals surface area contributed by atoms with E-state index in [2.05, 4.69) is 122 Å². The topological polar surface area (TPSA) is 7.94 Å². The minimum Gasteiger partial charge on any atom is -0.393 e. The molecule has 1 aromatic heterocycles. The highest BCUT2D eigenvalue weighted by atomic mass is 19.2. The van der Waals surface area contributed by atoms with Gasteiger partial charge in [0.2, 0.25) is 0 Å². The smallest absolute Gasteiger partial charge is 0.393 e. The fraction of sp³-hybridized carbons (Fsp3) is 0.286. The van der Waals surface area contributed by atoms with Gasteiger partial charge in [-0.3, -0.25) is 0 Å². The minimum absolute atomic E-state index is 0.000383. The molecule has 0 N–H and O–H groups in total. The van der Waals surface area contributed by atoms with Crippen molar-refractivity contribution in [3.05, 3.63) is 135 Å². The highest BCUT2D eigenvalue weighted by Crippen LogP contribution is 2.49. The van der Waals surface area contributed by atoms with Crippen LogP contribution in [0.15, 0.2) is 90.1 Å². The van der Waals surface area contributed by atoms with Crippen LogP contribution in [0.2, 0.25) is 0 Å². The number of halogens is 2. The molecule has 0 saturated heterocycles. The summed E-state index contributed by atoms with van der Waals surface area (Å²) in [4.78, 5) is 0. The number of aromatic nitrogens is 1. The summed E-state index contributed by atoms with van der Waals surface area (Å²) >= 11 is 0. The molecule has 5 heteroatoms. The monoisotopic (exact) mass is 714 g/mol. The Labute approximate surface area is 317 Å². The predicted octanol–water partition coefficient (Wildman–Crippen LogP) is 13.5. The van der Waals surface area contributed by atoms with E-state index in [0.29, 0.717) is 22.8 Å². The van der Waals surface area contributed by atoms with E-state index in [-0.39, 0.29) is 10.8 Å². The minimum atomic E-state index is -4.04. The average Bonchev–Trinajstić information content (AvgIpc) is 3.56. The quantitative estimate of drug-likeness (QED) is 0.0957. The van der Waals surface area contributed by atoms with Crippen LogP contribution in [0.4, 0.5) is 8.63 Å². The first kappa shape index (κ1) is 34.7. The van der Waals surface area contributed by atoms with E-state index >= 15 is 8.63 Å². The van der Waals surface area contributed by atoms with E-state index < -0.39 is 6.97 Å². The Bertz CT molecular complexity index is 2830. The van der Waals surface area contributed by atoms with Crippen LogP contribution in [0.25, 0.3) is 59.8 Å². The standard InChI is InChI=1S/C49H49BF2N2/c1-26-20-32(21-27(2)42(26)45-46-28(3)18-30(5)53(46)50(51,52)54-31(6)19-29(4)47(45)54)36-16-17-39-41-25-35(49(10,11)12)23-33-22-34(48(7,8)9)24-40(43(33)41)38-15-13-14-37(36)44(38)39/h13-25H,1-12H3. The molecule has 0 bridgehead atoms. The van der Waals surface area contributed by atoms with Gasteiger partial charge in [0.25, 0.3) is 0 Å². The van der Waals surface area contributed by atoms with Gasteiger partial charge < -0.3 is 17.6 Å². The molecule has 2 aliphatic heterocycles. The van der Waals surface area contributed by atoms with Gasteiger partial charge in [-0.15, -0.1) is 0 Å². The number of aryl methyl sites for hydroxylation is 4. The van der Waals surface area contributed by atoms with Crippen molar-refractivity contribution in [3.8, 4) is 11.1 Å². The Morgan fingerprint density at radius 1 is 0.611 bits per heavy atom. The van der Waals surface area contributed by atoms with Crippen molar-refractivity contribution < 1.29 is 13.1 Å². The molecule has 0 aliphatic carbocycles. The molecule has 0 amide bonds. The Kier molecular flexibility index (Phi) is 7.09. The molecule has 0 fully saturated rings. The lowest BCUT2D eigenvalue weighted by Crippen LogP contribution is -2.51. The van der Waals surface area contributed by atoms with Gasteiger partial charge in [-0.2, -0.15) is 0 Å². The molecule has 6 aromatic carbocycles. The van der Waals surface area contributed by atoms with Gasteiger partial charge >= 0.3 is 6.97 Å². The lowest BCUT2D eigenvalue weighted by atomic mass is 9.78. The van der Waals surface area contributed by atoms with Crippen LogP contribution in [0.5, 0.6) is 0 Å². The third kappa shape index (κ3) is 4.66. The highest BCUT2D eigenvalue weighted by Gasteiger charge is 2.55. The molecular weight excluding hydrogens is 665 g/mol. The Morgan fingerprint density at radius 2 is 1.19 bits per heavy atom. The number of hydrogen-bond donors (Lipinski definition) is 0. The summed E-state index contributed by atoms with van der Waals surface area (Å²) in [5.41, 5.74) is 13.2. The number of fused-ring (bicyclic) bond motifs is 4. The third-order valence-electron chi connectivity index (χ3n) is 12.4. The van der Waals surface area contributed by atoms with Crippen molar-refractivity contribution in [2.45, 2.75) is 93.9 Å². The van der Waals surface area contributed by atoms with E-state index in [9.17, 15) is 0 Å². The van der Waals surface area contributed by atoms with Crippen molar-refractivity contribution in [3.63, 3.8) is 0 Å². The molecule has 54 heavy (non-hydrogen) atoms. The number of hydrogen-bond acceptors (Lipinski definition) is 0. The van der Waals surface area contributed by atoms with Crippen LogP contribution >= 0.6 is 0 Å². The Morgan fingerprint density at radius 3 is 1.78 bits per heavy atom. The molecule has 0 saturated carbocycles. The maximum absolute atomic E-state index is 16.5. The fourth-order valence-corrected chi connectivity index (χ4v) is 9.96. The van der Waals surface area contributed by atoms with E-state index in [0.717, 1.165) is 39.0 Å². The molecule has 9 rings (SSSR count). The Balaban J connectivity index is 1.32. The van der Waals surface area contributed by atoms with E-state index in [4.69, 9.17) is 0 Å². The molecule has 272 valence electrons. The molecule has 2 aliphatic rings. The van der Waals surface area contributed by atoms with Gasteiger partial charge in [-0.1, -0.05) is 96.1 Å². The van der Waals surface area contributed by atoms with Crippen molar-refractivity contribution in [1.82, 2.24) is 4.48 Å². The maximum atomic E-state index is 16.5. The second-order valence-corrected chi connectivity index (χ2v) is 18.4. The van der Waals surface area contributed by atoms with Crippen molar-refractivity contribution in [2.75, 3.05) is 0 Å². The molecule has 0 radical (unpaired) electrons. The van der Waals surface area contributed by atoms with E-state index in [1.807, 2.05) is 26.0 Å². The van der Waals surface area contributed by atoms with Gasteiger partial charge in [0.15, 0.2) is 5.70 Å². The molecule has 0 unspecified atom stereocenters. The van der Waals surface area contributed by atoms with Crippen LogP contribution in [0.3, 0.4) is 0 Å². The lowest BCUT2D eigenvalue weighted by Gasteiger charge is -2.34. The normalized spacial score (nSPS) is 16.1. The highest BCUT2D eigenvalue weighted by molar-refractivity contribution is 6.58. The number of allylic oxidation sites excluding steroid dienone is 2. The average molecular weight is 715 g/mol. The second kappa shape index (κ2) is 11.0. The van der Waals surface area contributed by atoms with Gasteiger partial charge in [-0.25, -0.2) is 0 Å². The second-order valence-electron chi connectivity index (χ2n) is 18.4. The zero-order valence-electron chi connectivity index (χ0n) is 33.7. The van der Waals surface area contributed by atoms with Crippen molar-refractivity contribution in [1.29, 1.82) is 0 Å². The molecular formula is C49H49BF2N2. The first-order valence-electron chi connectivity index (χ1n) is 19.4. The van der Waals surface area contributed by atoms with Crippen LogP contribution < -0.4 is 0 Å². The largest absolute Gasteiger partial charge is 0.737 e. The molecule has 7 aromatic rings. The summed E-state index contributed by atoms with van der Waals surface area (Å²) in [5.74, 6) is 0. The number of benzene rings is 6. The van der Waals surface area contributed by atoms with Gasteiger partial charge in [0, 0.05) is 24.3 Å². The fourth-order valence-electron chi connectivity index (χ4n) is 9.96. The zero-order chi connectivity index (χ0) is 38.5. The van der Waals surface area contributed by atoms with Crippen LogP contribution in [0.1, 0.15) is 100 Å². The lowest BCUT2D eigenvalue weighted by molar-refractivity contribution is -0.363. The SMILES string of the molecule is CC1=CC(C)=[N+]2C1=C(c1c(C)cc(-c3ccc4c5cc(C(C)(C)C)cc6cc(C(C)(C)C)cc(c7cccc3c74)c65)cc1C)c1c(C)cc(C)n1[B-]2(F)F. The Hall–Kier alpha value is -5.03. The van der Waals surface area contributed by atoms with Crippen LogP contribution in [-0.2, 0) is 10.8 Å². The molecule has 2 nitrogen and oxygen atoms in total. The van der Waals surface area contributed by atoms with E-state index in [1.54, 1.807) is 13.8 Å². The summed E-state index contributed by atoms with van der Waals surface area (Å²) in [6.07, 6.45) is 1.91. The number of nitrogens with zero attached hydrogens (tertiary/aromatic N) is 2. The summed E-state index contributed by atoms with van der Waals surface area (Å²) < 4.78 is 35.5. The first-order chi connectivity index (χ1) is 25.3. The van der Waals surface area contributed by atoms with Crippen molar-refractivity contribution >= 4 is 61.3 Å². The molecule has 0 spiro atoms. The summed E-state index contributed by atoms with van der Waals surface area (Å²) in [6, 6.07) is 27.6. The van der Waals surface area contributed by atoms with Crippen LogP contribution in [0, 0.1) is 27.7 Å². The van der Waals surface area contributed by atoms with Gasteiger partial charge in [-0.05, 0) is 157 Å². The maximum Gasteiger partial charge on any atom is 0.737 e. The predicted molar refractivity (Wildman–Crippen MR) is 228 cm³/mol. The number of rotatable bonds is 2. The summed E-state index contributed by atoms with van der Waals surface area (Å²) in [7, 11) is 0. The summed E-state index contributed by atoms with van der Waals surface area (Å²) in [6.45, 7) is 21.6. The molecule has 3 heterocycles. The first-order valence-corrected chi connectivity index (χ1v) is 19.4. The van der Waals surface area contributed by atoms with Gasteiger partial charge in [0.1, 0.15) is 5.71 Å². The zero-order valence-corrected chi connectivity index (χ0v) is 33.7. The van der Waals surface area contributed by atoms with Crippen LogP contribution in [-0.4, -0.2) is 21.6 Å². The third-order valence-corrected chi connectivity index (χ3v) is 12.4. The van der Waals surface area contributed by atoms with E-state index in [1.165, 1.54) is 68.7 Å². The summed E-state index contributed by atoms with van der Waals surface area (Å²) in [5, 5.41) is 10.3. The molecule has 0 atom stereocenters. The van der Waals surface area contributed by atoms with Crippen molar-refractivity contribution in [2.24, 2.45) is 0 Å². The van der Waals surface area contributed by atoms with Gasteiger partial charge in [0.05, 0.1) is 5.57 Å².